The molecule has 0 fully saturated rings. The number of allylic oxidation sites excluding steroid dienone is 1. The first kappa shape index (κ1) is 10.6. The summed E-state index contributed by atoms with van der Waals surface area (Å²) in [7, 11) is 0. The minimum absolute atomic E-state index is 0.158. The molecule has 0 radical (unpaired) electrons. The standard InChI is InChI=1S/C12H16O2/c1-4-9-13-11-7-5-6-8-12(11)14-10(2)3/h4-10H,1-3H3/b9-4-. The van der Waals surface area contributed by atoms with E-state index in [-0.39, 0.29) is 6.10 Å². The van der Waals surface area contributed by atoms with Crippen LogP contribution in [0.3, 0.4) is 0 Å². The molecule has 1 rings (SSSR count). The van der Waals surface area contributed by atoms with Crippen LogP contribution in [0.5, 0.6) is 11.5 Å². The van der Waals surface area contributed by atoms with Gasteiger partial charge < -0.3 is 9.47 Å². The van der Waals surface area contributed by atoms with Crippen LogP contribution in [0.25, 0.3) is 0 Å². The van der Waals surface area contributed by atoms with Crippen LogP contribution in [-0.2, 0) is 0 Å². The Kier molecular flexibility index (Phi) is 4.05. The zero-order valence-electron chi connectivity index (χ0n) is 8.86. The average molecular weight is 192 g/mol. The fourth-order valence-corrected chi connectivity index (χ4v) is 1.04. The van der Waals surface area contributed by atoms with E-state index >= 15 is 0 Å². The molecular formula is C12H16O2. The Bertz CT molecular complexity index is 303. The summed E-state index contributed by atoms with van der Waals surface area (Å²) >= 11 is 0. The van der Waals surface area contributed by atoms with E-state index in [2.05, 4.69) is 0 Å². The zero-order valence-corrected chi connectivity index (χ0v) is 8.86. The second kappa shape index (κ2) is 5.32. The maximum atomic E-state index is 5.58. The molecule has 0 bridgehead atoms. The van der Waals surface area contributed by atoms with E-state index in [0.717, 1.165) is 11.5 Å². The van der Waals surface area contributed by atoms with E-state index in [1.54, 1.807) is 6.26 Å². The van der Waals surface area contributed by atoms with Crippen molar-refractivity contribution >= 4 is 0 Å². The van der Waals surface area contributed by atoms with Crippen molar-refractivity contribution in [3.8, 4) is 11.5 Å². The second-order valence-electron chi connectivity index (χ2n) is 3.20. The van der Waals surface area contributed by atoms with Gasteiger partial charge in [-0.25, -0.2) is 0 Å². The molecule has 0 saturated heterocycles. The van der Waals surface area contributed by atoms with Crippen LogP contribution in [0.15, 0.2) is 36.6 Å². The third kappa shape index (κ3) is 3.13. The normalized spacial score (nSPS) is 10.9. The van der Waals surface area contributed by atoms with Crippen LogP contribution in [0.1, 0.15) is 20.8 Å². The molecule has 0 amide bonds. The molecule has 0 heterocycles. The van der Waals surface area contributed by atoms with E-state index in [1.165, 1.54) is 0 Å². The molecule has 1 aromatic carbocycles. The molecule has 2 heteroatoms. The van der Waals surface area contributed by atoms with Gasteiger partial charge in [-0.1, -0.05) is 18.2 Å². The van der Waals surface area contributed by atoms with Crippen molar-refractivity contribution < 1.29 is 9.47 Å². The molecule has 0 unspecified atom stereocenters. The molecule has 1 aromatic rings. The summed E-state index contributed by atoms with van der Waals surface area (Å²) in [4.78, 5) is 0. The molecule has 0 N–H and O–H groups in total. The van der Waals surface area contributed by atoms with Gasteiger partial charge >= 0.3 is 0 Å². The number of ether oxygens (including phenoxy) is 2. The van der Waals surface area contributed by atoms with Gasteiger partial charge in [0.1, 0.15) is 0 Å². The third-order valence-corrected chi connectivity index (χ3v) is 1.54. The van der Waals surface area contributed by atoms with Crippen molar-refractivity contribution in [3.05, 3.63) is 36.6 Å². The van der Waals surface area contributed by atoms with Crippen molar-refractivity contribution in [2.45, 2.75) is 26.9 Å². The first-order valence-electron chi connectivity index (χ1n) is 4.77. The lowest BCUT2D eigenvalue weighted by molar-refractivity contribution is 0.233. The van der Waals surface area contributed by atoms with Gasteiger partial charge in [-0.3, -0.25) is 0 Å². The lowest BCUT2D eigenvalue weighted by Crippen LogP contribution is -2.06. The minimum atomic E-state index is 0.158. The van der Waals surface area contributed by atoms with Crippen LogP contribution in [0, 0.1) is 0 Å². The highest BCUT2D eigenvalue weighted by molar-refractivity contribution is 5.40. The predicted molar refractivity (Wildman–Crippen MR) is 57.6 cm³/mol. The highest BCUT2D eigenvalue weighted by Gasteiger charge is 2.04. The monoisotopic (exact) mass is 192 g/mol. The number of benzene rings is 1. The number of para-hydroxylation sites is 2. The van der Waals surface area contributed by atoms with Crippen molar-refractivity contribution in [1.29, 1.82) is 0 Å². The molecule has 0 aliphatic heterocycles. The third-order valence-electron chi connectivity index (χ3n) is 1.54. The number of hydrogen-bond acceptors (Lipinski definition) is 2. The quantitative estimate of drug-likeness (QED) is 0.681. The molecule has 0 spiro atoms. The maximum Gasteiger partial charge on any atom is 0.168 e. The van der Waals surface area contributed by atoms with Crippen LogP contribution in [-0.4, -0.2) is 6.10 Å². The molecule has 0 saturated carbocycles. The first-order chi connectivity index (χ1) is 6.74. The van der Waals surface area contributed by atoms with Crippen LogP contribution in [0.4, 0.5) is 0 Å². The van der Waals surface area contributed by atoms with Gasteiger partial charge in [0, 0.05) is 0 Å². The van der Waals surface area contributed by atoms with Crippen molar-refractivity contribution in [2.75, 3.05) is 0 Å². The summed E-state index contributed by atoms with van der Waals surface area (Å²) in [6.07, 6.45) is 3.64. The number of hydrogen-bond donors (Lipinski definition) is 0. The second-order valence-corrected chi connectivity index (χ2v) is 3.20. The molecule has 14 heavy (non-hydrogen) atoms. The topological polar surface area (TPSA) is 18.5 Å². The molecule has 0 aliphatic carbocycles. The Hall–Kier alpha value is -1.44. The average Bonchev–Trinajstić information content (AvgIpc) is 2.16. The van der Waals surface area contributed by atoms with Gasteiger partial charge in [0.05, 0.1) is 12.4 Å². The largest absolute Gasteiger partial charge is 0.487 e. The highest BCUT2D eigenvalue weighted by Crippen LogP contribution is 2.27. The summed E-state index contributed by atoms with van der Waals surface area (Å²) in [5.74, 6) is 1.53. The van der Waals surface area contributed by atoms with Gasteiger partial charge in [-0.15, -0.1) is 0 Å². The Morgan fingerprint density at radius 1 is 1.14 bits per heavy atom. The van der Waals surface area contributed by atoms with Crippen molar-refractivity contribution in [3.63, 3.8) is 0 Å². The summed E-state index contributed by atoms with van der Waals surface area (Å²) in [6.45, 7) is 5.89. The molecule has 0 aromatic heterocycles. The minimum Gasteiger partial charge on any atom is -0.487 e. The first-order valence-corrected chi connectivity index (χ1v) is 4.77. The predicted octanol–water partition coefficient (Wildman–Crippen LogP) is 3.39. The lowest BCUT2D eigenvalue weighted by Gasteiger charge is -2.12. The Labute approximate surface area is 85.2 Å². The zero-order chi connectivity index (χ0) is 10.4. The summed E-state index contributed by atoms with van der Waals surface area (Å²) < 4.78 is 11.0. The SMILES string of the molecule is C/C=C\Oc1ccccc1OC(C)C. The Morgan fingerprint density at radius 2 is 1.79 bits per heavy atom. The molecule has 0 atom stereocenters. The van der Waals surface area contributed by atoms with E-state index < -0.39 is 0 Å². The summed E-state index contributed by atoms with van der Waals surface area (Å²) in [5, 5.41) is 0. The van der Waals surface area contributed by atoms with E-state index in [0.29, 0.717) is 0 Å². The van der Waals surface area contributed by atoms with E-state index in [1.807, 2.05) is 51.1 Å². The Balaban J connectivity index is 2.79. The maximum absolute atomic E-state index is 5.58. The van der Waals surface area contributed by atoms with Crippen molar-refractivity contribution in [1.82, 2.24) is 0 Å². The smallest absolute Gasteiger partial charge is 0.168 e. The molecule has 2 nitrogen and oxygen atoms in total. The molecule has 0 aliphatic rings. The van der Waals surface area contributed by atoms with Crippen LogP contribution < -0.4 is 9.47 Å². The van der Waals surface area contributed by atoms with Crippen LogP contribution in [0.2, 0.25) is 0 Å². The van der Waals surface area contributed by atoms with Gasteiger partial charge in [-0.2, -0.15) is 0 Å². The Morgan fingerprint density at radius 3 is 2.36 bits per heavy atom. The summed E-state index contributed by atoms with van der Waals surface area (Å²) in [5.41, 5.74) is 0. The van der Waals surface area contributed by atoms with E-state index in [4.69, 9.17) is 9.47 Å². The van der Waals surface area contributed by atoms with Crippen LogP contribution >= 0.6 is 0 Å². The van der Waals surface area contributed by atoms with Gasteiger partial charge in [0.25, 0.3) is 0 Å². The molecule has 76 valence electrons. The lowest BCUT2D eigenvalue weighted by atomic mass is 10.3. The van der Waals surface area contributed by atoms with Gasteiger partial charge in [-0.05, 0) is 32.9 Å². The summed E-state index contributed by atoms with van der Waals surface area (Å²) in [6, 6.07) is 7.64. The number of rotatable bonds is 4. The van der Waals surface area contributed by atoms with Crippen molar-refractivity contribution in [2.24, 2.45) is 0 Å². The van der Waals surface area contributed by atoms with Gasteiger partial charge in [0.2, 0.25) is 0 Å². The fourth-order valence-electron chi connectivity index (χ4n) is 1.04. The van der Waals surface area contributed by atoms with E-state index in [9.17, 15) is 0 Å². The molecular weight excluding hydrogens is 176 g/mol. The van der Waals surface area contributed by atoms with Gasteiger partial charge in [0.15, 0.2) is 11.5 Å². The highest BCUT2D eigenvalue weighted by atomic mass is 16.5. The fraction of sp³-hybridized carbons (Fsp3) is 0.333.